The second-order valence-corrected chi connectivity index (χ2v) is 1.64. The van der Waals surface area contributed by atoms with E-state index in [0.717, 1.165) is 0 Å². The third-order valence-electron chi connectivity index (χ3n) is 0.898. The fraction of sp³-hybridized carbons (Fsp3) is 0.800. The number of carbonyl (C=O) groups is 1. The van der Waals surface area contributed by atoms with Crippen LogP contribution in [0.15, 0.2) is 0 Å². The first-order valence-electron chi connectivity index (χ1n) is 2.57. The van der Waals surface area contributed by atoms with Crippen molar-refractivity contribution in [2.24, 2.45) is 0 Å². The quantitative estimate of drug-likeness (QED) is 0.432. The highest BCUT2D eigenvalue weighted by molar-refractivity contribution is 5.80. The summed E-state index contributed by atoms with van der Waals surface area (Å²) in [5, 5.41) is 0. The van der Waals surface area contributed by atoms with Crippen molar-refractivity contribution >= 4 is 5.78 Å². The van der Waals surface area contributed by atoms with E-state index < -0.39 is 0 Å². The normalized spacial score (nSPS) is 22.8. The van der Waals surface area contributed by atoms with Crippen molar-refractivity contribution in [2.75, 3.05) is 26.4 Å². The Bertz CT molecular complexity index is 79.7. The van der Waals surface area contributed by atoms with E-state index in [9.17, 15) is 4.79 Å². The maximum absolute atomic E-state index is 10.4. The molecular formula is C5H8O3. The maximum atomic E-state index is 10.4. The molecule has 0 aliphatic carbocycles. The van der Waals surface area contributed by atoms with Crippen molar-refractivity contribution in [3.05, 3.63) is 0 Å². The van der Waals surface area contributed by atoms with Crippen LogP contribution in [0.4, 0.5) is 0 Å². The SMILES string of the molecule is O=C1COCCOC1. The number of carbonyl (C=O) groups excluding carboxylic acids is 1. The first-order chi connectivity index (χ1) is 3.89. The molecule has 1 aliphatic rings. The third kappa shape index (κ3) is 1.60. The minimum absolute atomic E-state index is 0.0301. The number of ether oxygens (including phenoxy) is 2. The minimum Gasteiger partial charge on any atom is -0.371 e. The third-order valence-corrected chi connectivity index (χ3v) is 0.898. The van der Waals surface area contributed by atoms with Gasteiger partial charge in [0.25, 0.3) is 0 Å². The van der Waals surface area contributed by atoms with Crippen LogP contribution in [0.25, 0.3) is 0 Å². The Hall–Kier alpha value is -0.410. The number of hydrogen-bond donors (Lipinski definition) is 0. The van der Waals surface area contributed by atoms with Crippen LogP contribution in [-0.4, -0.2) is 32.2 Å². The molecule has 46 valence electrons. The van der Waals surface area contributed by atoms with E-state index in [2.05, 4.69) is 0 Å². The van der Waals surface area contributed by atoms with E-state index >= 15 is 0 Å². The van der Waals surface area contributed by atoms with Gasteiger partial charge in [0.15, 0.2) is 5.78 Å². The fourth-order valence-corrected chi connectivity index (χ4v) is 0.532. The molecule has 0 atom stereocenters. The van der Waals surface area contributed by atoms with E-state index in [1.54, 1.807) is 0 Å². The minimum atomic E-state index is 0.0301. The van der Waals surface area contributed by atoms with Crippen LogP contribution >= 0.6 is 0 Å². The van der Waals surface area contributed by atoms with Crippen LogP contribution in [-0.2, 0) is 14.3 Å². The first-order valence-corrected chi connectivity index (χ1v) is 2.57. The Morgan fingerprint density at radius 3 is 2.12 bits per heavy atom. The van der Waals surface area contributed by atoms with Crippen molar-refractivity contribution in [1.82, 2.24) is 0 Å². The lowest BCUT2D eigenvalue weighted by molar-refractivity contribution is -0.124. The highest BCUT2D eigenvalue weighted by Gasteiger charge is 2.05. The molecule has 0 amide bonds. The molecule has 1 rings (SSSR count). The van der Waals surface area contributed by atoms with Gasteiger partial charge in [-0.15, -0.1) is 0 Å². The van der Waals surface area contributed by atoms with Gasteiger partial charge in [0.1, 0.15) is 13.2 Å². The molecule has 8 heavy (non-hydrogen) atoms. The van der Waals surface area contributed by atoms with Crippen LogP contribution < -0.4 is 0 Å². The molecule has 3 nitrogen and oxygen atoms in total. The summed E-state index contributed by atoms with van der Waals surface area (Å²) in [7, 11) is 0. The average Bonchev–Trinajstić information content (AvgIpc) is 1.94. The van der Waals surface area contributed by atoms with Crippen LogP contribution in [0.3, 0.4) is 0 Å². The van der Waals surface area contributed by atoms with Crippen molar-refractivity contribution in [3.8, 4) is 0 Å². The summed E-state index contributed by atoms with van der Waals surface area (Å²) >= 11 is 0. The molecule has 1 saturated heterocycles. The maximum Gasteiger partial charge on any atom is 0.183 e. The van der Waals surface area contributed by atoms with Crippen molar-refractivity contribution in [1.29, 1.82) is 0 Å². The molecule has 3 heteroatoms. The Balaban J connectivity index is 2.27. The van der Waals surface area contributed by atoms with Gasteiger partial charge < -0.3 is 9.47 Å². The predicted molar refractivity (Wildman–Crippen MR) is 26.6 cm³/mol. The zero-order valence-electron chi connectivity index (χ0n) is 4.55. The van der Waals surface area contributed by atoms with Gasteiger partial charge in [0.2, 0.25) is 0 Å². The van der Waals surface area contributed by atoms with Crippen molar-refractivity contribution in [2.45, 2.75) is 0 Å². The monoisotopic (exact) mass is 116 g/mol. The molecule has 1 heterocycles. The predicted octanol–water partition coefficient (Wildman–Crippen LogP) is -0.398. The topological polar surface area (TPSA) is 35.5 Å². The summed E-state index contributed by atoms with van der Waals surface area (Å²) < 4.78 is 9.66. The first kappa shape index (κ1) is 5.72. The summed E-state index contributed by atoms with van der Waals surface area (Å²) in [4.78, 5) is 10.4. The van der Waals surface area contributed by atoms with Crippen molar-refractivity contribution < 1.29 is 14.3 Å². The molecule has 0 aromatic carbocycles. The largest absolute Gasteiger partial charge is 0.371 e. The highest BCUT2D eigenvalue weighted by atomic mass is 16.5. The van der Waals surface area contributed by atoms with Crippen LogP contribution in [0.2, 0.25) is 0 Å². The van der Waals surface area contributed by atoms with Gasteiger partial charge in [0, 0.05) is 0 Å². The Kier molecular flexibility index (Phi) is 2.00. The van der Waals surface area contributed by atoms with Gasteiger partial charge in [-0.3, -0.25) is 4.79 Å². The molecule has 1 aliphatic heterocycles. The summed E-state index contributed by atoms with van der Waals surface area (Å²) in [6, 6.07) is 0. The molecule has 0 spiro atoms. The van der Waals surface area contributed by atoms with Gasteiger partial charge in [-0.05, 0) is 0 Å². The zero-order valence-corrected chi connectivity index (χ0v) is 4.55. The standard InChI is InChI=1S/C5H8O3/c6-5-3-7-1-2-8-4-5/h1-4H2. The molecular weight excluding hydrogens is 108 g/mol. The van der Waals surface area contributed by atoms with E-state index in [1.165, 1.54) is 0 Å². The van der Waals surface area contributed by atoms with Crippen molar-refractivity contribution in [3.63, 3.8) is 0 Å². The van der Waals surface area contributed by atoms with Gasteiger partial charge in [-0.25, -0.2) is 0 Å². The molecule has 0 saturated carbocycles. The molecule has 0 aromatic rings. The molecule has 1 fully saturated rings. The molecule has 0 unspecified atom stereocenters. The Morgan fingerprint density at radius 1 is 1.12 bits per heavy atom. The van der Waals surface area contributed by atoms with E-state index in [4.69, 9.17) is 9.47 Å². The second kappa shape index (κ2) is 2.79. The van der Waals surface area contributed by atoms with Crippen LogP contribution in [0, 0.1) is 0 Å². The van der Waals surface area contributed by atoms with Gasteiger partial charge >= 0.3 is 0 Å². The second-order valence-electron chi connectivity index (χ2n) is 1.64. The van der Waals surface area contributed by atoms with Gasteiger partial charge in [-0.1, -0.05) is 0 Å². The smallest absolute Gasteiger partial charge is 0.183 e. The number of hydrogen-bond acceptors (Lipinski definition) is 3. The summed E-state index contributed by atoms with van der Waals surface area (Å²) in [5.74, 6) is 0.0301. The lowest BCUT2D eigenvalue weighted by Gasteiger charge is -1.90. The molecule has 0 bridgehead atoms. The van der Waals surface area contributed by atoms with E-state index in [-0.39, 0.29) is 19.0 Å². The number of ketones is 1. The lowest BCUT2D eigenvalue weighted by atomic mass is 10.5. The van der Waals surface area contributed by atoms with E-state index in [0.29, 0.717) is 13.2 Å². The number of Topliss-reactive ketones (excluding diaryl/α,β-unsaturated/α-hetero) is 1. The van der Waals surface area contributed by atoms with Gasteiger partial charge in [-0.2, -0.15) is 0 Å². The average molecular weight is 116 g/mol. The molecule has 0 radical (unpaired) electrons. The van der Waals surface area contributed by atoms with E-state index in [1.807, 2.05) is 0 Å². The molecule has 0 N–H and O–H groups in total. The van der Waals surface area contributed by atoms with Crippen LogP contribution in [0.1, 0.15) is 0 Å². The highest BCUT2D eigenvalue weighted by Crippen LogP contribution is 1.87. The summed E-state index contributed by atoms with van der Waals surface area (Å²) in [6.45, 7) is 1.54. The number of rotatable bonds is 0. The van der Waals surface area contributed by atoms with Gasteiger partial charge in [0.05, 0.1) is 13.2 Å². The molecule has 0 aromatic heterocycles. The Morgan fingerprint density at radius 2 is 1.62 bits per heavy atom. The summed E-state index contributed by atoms with van der Waals surface area (Å²) in [5.41, 5.74) is 0. The summed E-state index contributed by atoms with van der Waals surface area (Å²) in [6.07, 6.45) is 0. The lowest BCUT2D eigenvalue weighted by Crippen LogP contribution is -2.09. The fourth-order valence-electron chi connectivity index (χ4n) is 0.532. The van der Waals surface area contributed by atoms with Crippen LogP contribution in [0.5, 0.6) is 0 Å². The Labute approximate surface area is 47.6 Å². The zero-order chi connectivity index (χ0) is 5.82.